The van der Waals surface area contributed by atoms with Crippen LogP contribution < -0.4 is 5.73 Å². The van der Waals surface area contributed by atoms with Crippen molar-refractivity contribution in [3.05, 3.63) is 95.8 Å². The molecule has 2 heterocycles. The van der Waals surface area contributed by atoms with Crippen LogP contribution >= 0.6 is 0 Å². The lowest BCUT2D eigenvalue weighted by Gasteiger charge is -2.44. The molecule has 8 nitrogen and oxygen atoms in total. The smallest absolute Gasteiger partial charge is 0.347 e. The largest absolute Gasteiger partial charge is 0.459 e. The van der Waals surface area contributed by atoms with Crippen LogP contribution in [0.1, 0.15) is 35.7 Å². The molecule has 1 fully saturated rings. The van der Waals surface area contributed by atoms with Gasteiger partial charge in [-0.05, 0) is 23.3 Å². The summed E-state index contributed by atoms with van der Waals surface area (Å²) in [6.45, 7) is 1.11. The number of primary amides is 1. The number of ether oxygens (including phenoxy) is 1. The van der Waals surface area contributed by atoms with E-state index in [0.717, 1.165) is 0 Å². The summed E-state index contributed by atoms with van der Waals surface area (Å²) in [4.78, 5) is 25.7. The number of nitrogens with two attached hydrogens (primary N) is 1. The highest BCUT2D eigenvalue weighted by molar-refractivity contribution is 5.85. The van der Waals surface area contributed by atoms with Gasteiger partial charge in [-0.1, -0.05) is 60.7 Å². The molecule has 1 atom stereocenters. The summed E-state index contributed by atoms with van der Waals surface area (Å²) in [6.07, 6.45) is 2.19. The number of aromatic nitrogens is 2. The molecule has 1 aliphatic rings. The molecule has 34 heavy (non-hydrogen) atoms. The number of hydrogen-bond donors (Lipinski definition) is 2. The highest BCUT2D eigenvalue weighted by atomic mass is 16.6. The number of carbonyl (C=O) groups excluding carboxylic acids is 2. The van der Waals surface area contributed by atoms with Gasteiger partial charge in [0.15, 0.2) is 0 Å². The average molecular weight is 462 g/mol. The number of rotatable bonds is 7. The summed E-state index contributed by atoms with van der Waals surface area (Å²) in [7, 11) is 1.95. The number of esters is 1. The van der Waals surface area contributed by atoms with Crippen LogP contribution in [0.3, 0.4) is 0 Å². The van der Waals surface area contributed by atoms with Crippen molar-refractivity contribution in [1.29, 1.82) is 0 Å². The Kier molecular flexibility index (Phi) is 6.72. The standard InChI is InChI=1S/C26H28N4O4/c1-30(23(24(27)31)22-13-8-16-28-29-22)17-14-21(15-18-30)34-25(32)26(33,19-9-4-2-5-10-19)20-11-6-3-7-12-20/h2-13,16,21,23,33H,14-15,17-18H2,1H3,(H-,27,31)/p+1. The number of benzene rings is 2. The van der Waals surface area contributed by atoms with Gasteiger partial charge in [0.25, 0.3) is 5.91 Å². The van der Waals surface area contributed by atoms with E-state index in [-0.39, 0.29) is 0 Å². The van der Waals surface area contributed by atoms with E-state index in [1.807, 2.05) is 19.2 Å². The molecule has 1 amide bonds. The van der Waals surface area contributed by atoms with E-state index in [9.17, 15) is 14.7 Å². The van der Waals surface area contributed by atoms with Crippen molar-refractivity contribution >= 4 is 11.9 Å². The Morgan fingerprint density at radius 1 is 1.00 bits per heavy atom. The lowest BCUT2D eigenvalue weighted by Crippen LogP contribution is -2.57. The predicted molar refractivity (Wildman–Crippen MR) is 125 cm³/mol. The highest BCUT2D eigenvalue weighted by Crippen LogP contribution is 2.34. The number of hydrogen-bond acceptors (Lipinski definition) is 6. The average Bonchev–Trinajstić information content (AvgIpc) is 2.86. The van der Waals surface area contributed by atoms with Gasteiger partial charge < -0.3 is 20.1 Å². The monoisotopic (exact) mass is 461 g/mol. The lowest BCUT2D eigenvalue weighted by molar-refractivity contribution is -0.935. The van der Waals surface area contributed by atoms with Crippen molar-refractivity contribution in [3.63, 3.8) is 0 Å². The third-order valence-electron chi connectivity index (χ3n) is 6.64. The van der Waals surface area contributed by atoms with E-state index < -0.39 is 29.6 Å². The van der Waals surface area contributed by atoms with Crippen LogP contribution in [-0.4, -0.2) is 57.9 Å². The quantitative estimate of drug-likeness (QED) is 0.411. The Morgan fingerprint density at radius 2 is 1.56 bits per heavy atom. The Labute approximate surface area is 198 Å². The van der Waals surface area contributed by atoms with E-state index in [1.54, 1.807) is 66.9 Å². The number of likely N-dealkylation sites (tertiary alicyclic amines) is 1. The molecule has 0 radical (unpaired) electrons. The van der Waals surface area contributed by atoms with Crippen molar-refractivity contribution in [2.45, 2.75) is 30.6 Å². The van der Waals surface area contributed by atoms with E-state index in [0.29, 0.717) is 47.2 Å². The number of aliphatic hydroxyl groups is 1. The van der Waals surface area contributed by atoms with Gasteiger partial charge in [-0.25, -0.2) is 4.79 Å². The minimum Gasteiger partial charge on any atom is -0.459 e. The van der Waals surface area contributed by atoms with E-state index in [1.165, 1.54) is 0 Å². The first kappa shape index (κ1) is 23.5. The fourth-order valence-electron chi connectivity index (χ4n) is 4.74. The molecule has 0 aliphatic carbocycles. The van der Waals surface area contributed by atoms with Crippen LogP contribution in [-0.2, 0) is 19.9 Å². The summed E-state index contributed by atoms with van der Waals surface area (Å²) in [5.41, 5.74) is 5.23. The molecule has 8 heteroatoms. The van der Waals surface area contributed by atoms with Crippen LogP contribution in [0.4, 0.5) is 0 Å². The number of piperidine rings is 1. The fourth-order valence-corrected chi connectivity index (χ4v) is 4.74. The zero-order chi connectivity index (χ0) is 24.2. The van der Waals surface area contributed by atoms with E-state index >= 15 is 0 Å². The molecule has 2 aromatic carbocycles. The van der Waals surface area contributed by atoms with Crippen LogP contribution in [0, 0.1) is 0 Å². The Hall–Kier alpha value is -3.62. The molecule has 0 saturated carbocycles. The van der Waals surface area contributed by atoms with Gasteiger partial charge in [0.1, 0.15) is 11.8 Å². The van der Waals surface area contributed by atoms with Crippen molar-refractivity contribution in [2.24, 2.45) is 5.73 Å². The first-order chi connectivity index (χ1) is 16.3. The zero-order valence-electron chi connectivity index (χ0n) is 19.1. The molecule has 4 rings (SSSR count). The Balaban J connectivity index is 1.52. The molecule has 1 aromatic heterocycles. The summed E-state index contributed by atoms with van der Waals surface area (Å²) in [5, 5.41) is 19.6. The van der Waals surface area contributed by atoms with Gasteiger partial charge in [-0.15, -0.1) is 5.10 Å². The van der Waals surface area contributed by atoms with Gasteiger partial charge in [0.05, 0.1) is 20.1 Å². The van der Waals surface area contributed by atoms with Gasteiger partial charge in [-0.3, -0.25) is 4.79 Å². The molecule has 0 spiro atoms. The predicted octanol–water partition coefficient (Wildman–Crippen LogP) is 2.09. The molecule has 3 N–H and O–H groups in total. The summed E-state index contributed by atoms with van der Waals surface area (Å²) in [6, 6.07) is 20.4. The third-order valence-corrected chi connectivity index (χ3v) is 6.64. The summed E-state index contributed by atoms with van der Waals surface area (Å²) >= 11 is 0. The molecule has 3 aromatic rings. The molecular formula is C26H29N4O4+. The Bertz CT molecular complexity index is 1080. The Morgan fingerprint density at radius 3 is 2.03 bits per heavy atom. The number of likely N-dealkylation sites (N-methyl/N-ethyl adjacent to an activating group) is 1. The first-order valence-electron chi connectivity index (χ1n) is 11.3. The normalized spacial score (nSPS) is 21.4. The minimum absolute atomic E-state index is 0.351. The lowest BCUT2D eigenvalue weighted by atomic mass is 9.86. The molecule has 176 valence electrons. The molecule has 1 unspecified atom stereocenters. The van der Waals surface area contributed by atoms with Crippen molar-refractivity contribution < 1.29 is 23.9 Å². The maximum Gasteiger partial charge on any atom is 0.347 e. The fraction of sp³-hybridized carbons (Fsp3) is 0.308. The first-order valence-corrected chi connectivity index (χ1v) is 11.3. The van der Waals surface area contributed by atoms with Crippen LogP contribution in [0.15, 0.2) is 79.0 Å². The topological polar surface area (TPSA) is 115 Å². The summed E-state index contributed by atoms with van der Waals surface area (Å²) < 4.78 is 6.21. The zero-order valence-corrected chi connectivity index (χ0v) is 19.1. The van der Waals surface area contributed by atoms with Gasteiger partial charge in [-0.2, -0.15) is 5.10 Å². The SMILES string of the molecule is C[N+]1(C(C(N)=O)c2cccnn2)CCC(OC(=O)C(O)(c2ccccc2)c2ccccc2)CC1. The van der Waals surface area contributed by atoms with Crippen LogP contribution in [0.5, 0.6) is 0 Å². The second kappa shape index (κ2) is 9.70. The highest BCUT2D eigenvalue weighted by Gasteiger charge is 2.46. The third kappa shape index (κ3) is 4.55. The second-order valence-electron chi connectivity index (χ2n) is 8.93. The maximum absolute atomic E-state index is 13.4. The van der Waals surface area contributed by atoms with E-state index in [2.05, 4.69) is 10.2 Å². The van der Waals surface area contributed by atoms with Crippen molar-refractivity contribution in [2.75, 3.05) is 20.1 Å². The molecule has 1 aliphatic heterocycles. The van der Waals surface area contributed by atoms with Gasteiger partial charge >= 0.3 is 5.97 Å². The van der Waals surface area contributed by atoms with Gasteiger partial charge in [0, 0.05) is 19.0 Å². The van der Waals surface area contributed by atoms with Crippen molar-refractivity contribution in [1.82, 2.24) is 10.2 Å². The number of amides is 1. The second-order valence-corrected chi connectivity index (χ2v) is 8.93. The molecule has 1 saturated heterocycles. The minimum atomic E-state index is -1.92. The van der Waals surface area contributed by atoms with Crippen molar-refractivity contribution in [3.8, 4) is 0 Å². The summed E-state index contributed by atoms with van der Waals surface area (Å²) in [5.74, 6) is -1.19. The molecular weight excluding hydrogens is 432 g/mol. The van der Waals surface area contributed by atoms with E-state index in [4.69, 9.17) is 10.5 Å². The van der Waals surface area contributed by atoms with Crippen LogP contribution in [0.2, 0.25) is 0 Å². The maximum atomic E-state index is 13.4. The number of nitrogens with zero attached hydrogens (tertiary/aromatic N) is 3. The number of quaternary nitrogens is 1. The molecule has 0 bridgehead atoms. The number of carbonyl (C=O) groups is 2. The van der Waals surface area contributed by atoms with Crippen LogP contribution in [0.25, 0.3) is 0 Å². The van der Waals surface area contributed by atoms with Gasteiger partial charge in [0.2, 0.25) is 11.6 Å².